The smallest absolute Gasteiger partial charge is 0.240 e. The molecule has 6 nitrogen and oxygen atoms in total. The van der Waals surface area contributed by atoms with Crippen LogP contribution in [0.25, 0.3) is 0 Å². The van der Waals surface area contributed by atoms with E-state index in [0.29, 0.717) is 24.4 Å². The molecule has 1 amide bonds. The Morgan fingerprint density at radius 1 is 1.03 bits per heavy atom. The molecule has 0 radical (unpaired) electrons. The van der Waals surface area contributed by atoms with Crippen molar-refractivity contribution in [2.45, 2.75) is 36.7 Å². The van der Waals surface area contributed by atoms with Gasteiger partial charge in [-0.1, -0.05) is 41.9 Å². The molecule has 2 aromatic rings. The minimum Gasteiger partial charge on any atom is -0.387 e. The molecule has 3 rings (SSSR count). The number of rotatable bonds is 8. The van der Waals surface area contributed by atoms with Gasteiger partial charge in [-0.3, -0.25) is 4.79 Å². The number of nitrogens with one attached hydrogen (secondary N) is 2. The van der Waals surface area contributed by atoms with Crippen LogP contribution in [0.3, 0.4) is 0 Å². The van der Waals surface area contributed by atoms with Gasteiger partial charge in [-0.15, -0.1) is 0 Å². The van der Waals surface area contributed by atoms with Crippen molar-refractivity contribution in [3.63, 3.8) is 0 Å². The predicted molar refractivity (Wildman–Crippen MR) is 117 cm³/mol. The van der Waals surface area contributed by atoms with Crippen molar-refractivity contribution in [2.24, 2.45) is 11.8 Å². The van der Waals surface area contributed by atoms with Crippen LogP contribution in [0, 0.1) is 11.8 Å². The van der Waals surface area contributed by atoms with Gasteiger partial charge in [-0.25, -0.2) is 13.1 Å². The SMILES string of the molecule is O=C(NC[C@@H](O)c1ccccc1)C1CCC(CNS(=O)(=O)c2ccc(Cl)cc2)CC1. The summed E-state index contributed by atoms with van der Waals surface area (Å²) in [7, 11) is -3.57. The maximum Gasteiger partial charge on any atom is 0.240 e. The number of hydrogen-bond acceptors (Lipinski definition) is 4. The Labute approximate surface area is 182 Å². The van der Waals surface area contributed by atoms with Gasteiger partial charge in [0, 0.05) is 24.0 Å². The van der Waals surface area contributed by atoms with Gasteiger partial charge in [-0.05, 0) is 61.4 Å². The molecular weight excluding hydrogens is 424 g/mol. The fourth-order valence-corrected chi connectivity index (χ4v) is 4.93. The third-order valence-corrected chi connectivity index (χ3v) is 7.25. The lowest BCUT2D eigenvalue weighted by molar-refractivity contribution is -0.126. The van der Waals surface area contributed by atoms with Gasteiger partial charge in [-0.2, -0.15) is 0 Å². The quantitative estimate of drug-likeness (QED) is 0.575. The monoisotopic (exact) mass is 450 g/mol. The summed E-state index contributed by atoms with van der Waals surface area (Å²) in [6, 6.07) is 15.3. The normalized spacial score (nSPS) is 20.5. The maximum absolute atomic E-state index is 12.4. The molecule has 162 valence electrons. The Morgan fingerprint density at radius 2 is 1.67 bits per heavy atom. The zero-order valence-corrected chi connectivity index (χ0v) is 18.2. The first kappa shape index (κ1) is 22.7. The van der Waals surface area contributed by atoms with E-state index >= 15 is 0 Å². The first-order valence-electron chi connectivity index (χ1n) is 10.1. The molecule has 0 aliphatic heterocycles. The molecule has 1 fully saturated rings. The molecule has 0 aromatic heterocycles. The Morgan fingerprint density at radius 3 is 2.30 bits per heavy atom. The van der Waals surface area contributed by atoms with Crippen LogP contribution in [-0.2, 0) is 14.8 Å². The lowest BCUT2D eigenvalue weighted by atomic mass is 9.81. The van der Waals surface area contributed by atoms with Gasteiger partial charge in [0.1, 0.15) is 0 Å². The van der Waals surface area contributed by atoms with E-state index in [2.05, 4.69) is 10.0 Å². The summed E-state index contributed by atoms with van der Waals surface area (Å²) in [6.45, 7) is 0.537. The van der Waals surface area contributed by atoms with Crippen LogP contribution in [0.1, 0.15) is 37.4 Å². The number of aliphatic hydroxyl groups is 1. The molecule has 1 aliphatic rings. The van der Waals surface area contributed by atoms with Crippen molar-refractivity contribution >= 4 is 27.5 Å². The second-order valence-electron chi connectivity index (χ2n) is 7.70. The summed E-state index contributed by atoms with van der Waals surface area (Å²) >= 11 is 5.81. The van der Waals surface area contributed by atoms with Gasteiger partial charge in [0.25, 0.3) is 0 Å². The van der Waals surface area contributed by atoms with Gasteiger partial charge < -0.3 is 10.4 Å². The largest absolute Gasteiger partial charge is 0.387 e. The van der Waals surface area contributed by atoms with Crippen LogP contribution in [0.4, 0.5) is 0 Å². The number of sulfonamides is 1. The molecule has 8 heteroatoms. The van der Waals surface area contributed by atoms with Gasteiger partial charge >= 0.3 is 0 Å². The van der Waals surface area contributed by atoms with Gasteiger partial charge in [0.05, 0.1) is 11.0 Å². The molecule has 1 aliphatic carbocycles. The standard InChI is InChI=1S/C22H27ClN2O4S/c23-19-10-12-20(13-11-19)30(28,29)25-14-16-6-8-18(9-7-16)22(27)24-15-21(26)17-4-2-1-3-5-17/h1-5,10-13,16,18,21,25-26H,6-9,14-15H2,(H,24,27)/t16?,18?,21-/m1/s1. The van der Waals surface area contributed by atoms with Crippen LogP contribution in [0.5, 0.6) is 0 Å². The van der Waals surface area contributed by atoms with Crippen LogP contribution in [0.2, 0.25) is 5.02 Å². The van der Waals surface area contributed by atoms with Crippen molar-refractivity contribution in [3.05, 3.63) is 65.2 Å². The Hall–Kier alpha value is -1.93. The number of carbonyl (C=O) groups excluding carboxylic acids is 1. The molecule has 0 spiro atoms. The highest BCUT2D eigenvalue weighted by Crippen LogP contribution is 2.29. The molecule has 30 heavy (non-hydrogen) atoms. The lowest BCUT2D eigenvalue weighted by Gasteiger charge is -2.28. The molecule has 0 bridgehead atoms. The van der Waals surface area contributed by atoms with Gasteiger partial charge in [0.15, 0.2) is 0 Å². The number of hydrogen-bond donors (Lipinski definition) is 3. The second-order valence-corrected chi connectivity index (χ2v) is 9.90. The summed E-state index contributed by atoms with van der Waals surface area (Å²) in [5.41, 5.74) is 0.773. The fourth-order valence-electron chi connectivity index (χ4n) is 3.69. The first-order valence-corrected chi connectivity index (χ1v) is 12.0. The summed E-state index contributed by atoms with van der Waals surface area (Å²) in [6.07, 6.45) is 2.25. The van der Waals surface area contributed by atoms with E-state index < -0.39 is 16.1 Å². The minimum absolute atomic E-state index is 0.0508. The number of benzene rings is 2. The van der Waals surface area contributed by atoms with Crippen molar-refractivity contribution in [1.29, 1.82) is 0 Å². The van der Waals surface area contributed by atoms with E-state index in [1.807, 2.05) is 30.3 Å². The van der Waals surface area contributed by atoms with Crippen LogP contribution in [-0.4, -0.2) is 32.5 Å². The summed E-state index contributed by atoms with van der Waals surface area (Å²) in [5.74, 6) is 0.0494. The average molecular weight is 451 g/mol. The third kappa shape index (κ3) is 6.28. The van der Waals surface area contributed by atoms with E-state index in [9.17, 15) is 18.3 Å². The molecule has 0 heterocycles. The van der Waals surface area contributed by atoms with Gasteiger partial charge in [0.2, 0.25) is 15.9 Å². The summed E-state index contributed by atoms with van der Waals surface area (Å²) < 4.78 is 27.4. The number of aliphatic hydroxyl groups excluding tert-OH is 1. The van der Waals surface area contributed by atoms with Crippen molar-refractivity contribution in [1.82, 2.24) is 10.0 Å². The van der Waals surface area contributed by atoms with Crippen molar-refractivity contribution in [2.75, 3.05) is 13.1 Å². The van der Waals surface area contributed by atoms with Crippen LogP contribution < -0.4 is 10.0 Å². The molecule has 0 saturated heterocycles. The molecule has 2 aromatic carbocycles. The Bertz CT molecular complexity index is 927. The zero-order chi connectivity index (χ0) is 21.6. The molecule has 3 N–H and O–H groups in total. The van der Waals surface area contributed by atoms with E-state index in [1.54, 1.807) is 12.1 Å². The van der Waals surface area contributed by atoms with Crippen molar-refractivity contribution in [3.8, 4) is 0 Å². The maximum atomic E-state index is 12.4. The highest BCUT2D eigenvalue weighted by molar-refractivity contribution is 7.89. The van der Waals surface area contributed by atoms with Crippen LogP contribution in [0.15, 0.2) is 59.5 Å². The van der Waals surface area contributed by atoms with E-state index in [-0.39, 0.29) is 29.2 Å². The zero-order valence-electron chi connectivity index (χ0n) is 16.6. The highest BCUT2D eigenvalue weighted by atomic mass is 35.5. The molecule has 1 atom stereocenters. The minimum atomic E-state index is -3.57. The summed E-state index contributed by atoms with van der Waals surface area (Å²) in [5, 5.41) is 13.5. The number of carbonyl (C=O) groups is 1. The van der Waals surface area contributed by atoms with E-state index in [0.717, 1.165) is 18.4 Å². The predicted octanol–water partition coefficient (Wildman–Crippen LogP) is 3.27. The van der Waals surface area contributed by atoms with Crippen molar-refractivity contribution < 1.29 is 18.3 Å². The average Bonchev–Trinajstić information content (AvgIpc) is 2.77. The topological polar surface area (TPSA) is 95.5 Å². The first-order chi connectivity index (χ1) is 14.3. The highest BCUT2D eigenvalue weighted by Gasteiger charge is 2.27. The van der Waals surface area contributed by atoms with Crippen LogP contribution >= 0.6 is 11.6 Å². The van der Waals surface area contributed by atoms with E-state index in [4.69, 9.17) is 11.6 Å². The third-order valence-electron chi connectivity index (χ3n) is 5.56. The lowest BCUT2D eigenvalue weighted by Crippen LogP contribution is -2.37. The Balaban J connectivity index is 1.41. The van der Waals surface area contributed by atoms with E-state index in [1.165, 1.54) is 12.1 Å². The Kier molecular flexibility index (Phi) is 7.88. The fraction of sp³-hybridized carbons (Fsp3) is 0.409. The number of amides is 1. The molecule has 0 unspecified atom stereocenters. The second kappa shape index (κ2) is 10.4. The number of halogens is 1. The molecular formula is C22H27ClN2O4S. The summed E-state index contributed by atoms with van der Waals surface area (Å²) in [4.78, 5) is 12.6. The molecule has 1 saturated carbocycles.